The van der Waals surface area contributed by atoms with Gasteiger partial charge in [-0.1, -0.05) is 24.3 Å². The number of para-hydroxylation sites is 1. The van der Waals surface area contributed by atoms with Gasteiger partial charge in [-0.3, -0.25) is 5.43 Å². The molecule has 2 rings (SSSR count). The van der Waals surface area contributed by atoms with E-state index in [0.29, 0.717) is 6.61 Å². The number of ether oxygens (including phenoxy) is 1. The topological polar surface area (TPSA) is 33.6 Å². The minimum absolute atomic E-state index is 0.649. The molecule has 0 bridgehead atoms. The second-order valence-corrected chi connectivity index (χ2v) is 4.21. The van der Waals surface area contributed by atoms with E-state index < -0.39 is 0 Å². The Morgan fingerprint density at radius 1 is 1.16 bits per heavy atom. The van der Waals surface area contributed by atoms with Crippen molar-refractivity contribution in [1.82, 2.24) is 0 Å². The Kier molecular flexibility index (Phi) is 4.56. The second kappa shape index (κ2) is 6.59. The first-order valence-corrected chi connectivity index (χ1v) is 6.37. The molecular formula is C16H18N2O. The molecule has 19 heavy (non-hydrogen) atoms. The Hall–Kier alpha value is -2.29. The maximum atomic E-state index is 5.54. The van der Waals surface area contributed by atoms with Crippen LogP contribution in [0.1, 0.15) is 18.1 Å². The molecule has 2 aromatic carbocycles. The summed E-state index contributed by atoms with van der Waals surface area (Å²) in [6.45, 7) is 4.67. The first kappa shape index (κ1) is 13.1. The molecule has 0 atom stereocenters. The summed E-state index contributed by atoms with van der Waals surface area (Å²) in [5, 5.41) is 4.24. The Labute approximate surface area is 113 Å². The van der Waals surface area contributed by atoms with Gasteiger partial charge in [0, 0.05) is 5.56 Å². The largest absolute Gasteiger partial charge is 0.493 e. The maximum absolute atomic E-state index is 5.54. The number of aryl methyl sites for hydroxylation is 1. The number of nitrogens with one attached hydrogen (secondary N) is 1. The van der Waals surface area contributed by atoms with Crippen molar-refractivity contribution in [3.05, 3.63) is 59.7 Å². The summed E-state index contributed by atoms with van der Waals surface area (Å²) in [6.07, 6.45) is 1.77. The van der Waals surface area contributed by atoms with Crippen molar-refractivity contribution in [2.24, 2.45) is 5.10 Å². The van der Waals surface area contributed by atoms with Crippen LogP contribution >= 0.6 is 0 Å². The molecule has 0 amide bonds. The van der Waals surface area contributed by atoms with Gasteiger partial charge in [-0.2, -0.15) is 5.10 Å². The quantitative estimate of drug-likeness (QED) is 0.649. The van der Waals surface area contributed by atoms with Crippen molar-refractivity contribution < 1.29 is 4.74 Å². The van der Waals surface area contributed by atoms with Crippen molar-refractivity contribution in [3.8, 4) is 5.75 Å². The van der Waals surface area contributed by atoms with Crippen LogP contribution in [0.25, 0.3) is 0 Å². The van der Waals surface area contributed by atoms with Crippen LogP contribution in [0.4, 0.5) is 5.69 Å². The molecule has 0 unspecified atom stereocenters. The van der Waals surface area contributed by atoms with Crippen LogP contribution in [-0.4, -0.2) is 12.8 Å². The van der Waals surface area contributed by atoms with Crippen LogP contribution < -0.4 is 10.2 Å². The molecule has 0 aliphatic carbocycles. The van der Waals surface area contributed by atoms with Crippen molar-refractivity contribution >= 4 is 11.9 Å². The number of rotatable bonds is 5. The van der Waals surface area contributed by atoms with Gasteiger partial charge in [0.2, 0.25) is 0 Å². The van der Waals surface area contributed by atoms with E-state index in [-0.39, 0.29) is 0 Å². The average Bonchev–Trinajstić information content (AvgIpc) is 2.41. The summed E-state index contributed by atoms with van der Waals surface area (Å²) < 4.78 is 5.54. The molecule has 0 saturated carbocycles. The summed E-state index contributed by atoms with van der Waals surface area (Å²) >= 11 is 0. The monoisotopic (exact) mass is 254 g/mol. The fourth-order valence-electron chi connectivity index (χ4n) is 1.77. The molecule has 0 saturated heterocycles. The molecule has 0 heterocycles. The number of hydrogen-bond acceptors (Lipinski definition) is 3. The van der Waals surface area contributed by atoms with E-state index in [1.165, 1.54) is 5.56 Å². The van der Waals surface area contributed by atoms with E-state index in [0.717, 1.165) is 17.0 Å². The van der Waals surface area contributed by atoms with E-state index in [1.807, 2.05) is 49.4 Å². The third-order valence-corrected chi connectivity index (χ3v) is 2.63. The Balaban J connectivity index is 2.06. The Bertz CT molecular complexity index is 564. The third kappa shape index (κ3) is 3.85. The third-order valence-electron chi connectivity index (χ3n) is 2.63. The van der Waals surface area contributed by atoms with Crippen molar-refractivity contribution in [2.45, 2.75) is 13.8 Å². The van der Waals surface area contributed by atoms with Gasteiger partial charge in [0.05, 0.1) is 18.5 Å². The molecular weight excluding hydrogens is 236 g/mol. The van der Waals surface area contributed by atoms with E-state index in [9.17, 15) is 0 Å². The molecule has 0 aromatic heterocycles. The Morgan fingerprint density at radius 3 is 2.79 bits per heavy atom. The highest BCUT2D eigenvalue weighted by Gasteiger charge is 1.98. The molecule has 1 N–H and O–H groups in total. The summed E-state index contributed by atoms with van der Waals surface area (Å²) in [7, 11) is 0. The number of nitrogens with zero attached hydrogens (tertiary/aromatic N) is 1. The molecule has 2 aromatic rings. The van der Waals surface area contributed by atoms with Crippen LogP contribution in [-0.2, 0) is 0 Å². The predicted octanol–water partition coefficient (Wildman–Crippen LogP) is 3.84. The van der Waals surface area contributed by atoms with Crippen LogP contribution in [0.2, 0.25) is 0 Å². The van der Waals surface area contributed by atoms with E-state index in [4.69, 9.17) is 4.74 Å². The van der Waals surface area contributed by atoms with E-state index >= 15 is 0 Å². The summed E-state index contributed by atoms with van der Waals surface area (Å²) in [6, 6.07) is 15.9. The first-order chi connectivity index (χ1) is 9.29. The van der Waals surface area contributed by atoms with Crippen molar-refractivity contribution in [3.63, 3.8) is 0 Å². The minimum Gasteiger partial charge on any atom is -0.493 e. The maximum Gasteiger partial charge on any atom is 0.128 e. The van der Waals surface area contributed by atoms with Gasteiger partial charge < -0.3 is 4.74 Å². The molecule has 0 fully saturated rings. The van der Waals surface area contributed by atoms with Crippen LogP contribution in [0.5, 0.6) is 5.75 Å². The highest BCUT2D eigenvalue weighted by atomic mass is 16.5. The molecule has 3 nitrogen and oxygen atoms in total. The Morgan fingerprint density at radius 2 is 2.00 bits per heavy atom. The number of hydrazone groups is 1. The van der Waals surface area contributed by atoms with Crippen molar-refractivity contribution in [2.75, 3.05) is 12.0 Å². The van der Waals surface area contributed by atoms with Gasteiger partial charge in [-0.05, 0) is 43.7 Å². The lowest BCUT2D eigenvalue weighted by Crippen LogP contribution is -1.97. The lowest BCUT2D eigenvalue weighted by Gasteiger charge is -2.06. The SMILES string of the molecule is CCOc1ccccc1/C=N\Nc1cccc(C)c1. The van der Waals surface area contributed by atoms with Gasteiger partial charge >= 0.3 is 0 Å². The lowest BCUT2D eigenvalue weighted by atomic mass is 10.2. The standard InChI is InChI=1S/C16H18N2O/c1-3-19-16-10-5-4-8-14(16)12-17-18-15-9-6-7-13(2)11-15/h4-12,18H,3H2,1-2H3/b17-12-. The first-order valence-electron chi connectivity index (χ1n) is 6.37. The fourth-order valence-corrected chi connectivity index (χ4v) is 1.77. The average molecular weight is 254 g/mol. The predicted molar refractivity (Wildman–Crippen MR) is 80.0 cm³/mol. The molecule has 3 heteroatoms. The zero-order valence-corrected chi connectivity index (χ0v) is 11.3. The molecule has 0 radical (unpaired) electrons. The zero-order chi connectivity index (χ0) is 13.5. The van der Waals surface area contributed by atoms with Gasteiger partial charge in [0.1, 0.15) is 5.75 Å². The zero-order valence-electron chi connectivity index (χ0n) is 11.3. The number of anilines is 1. The summed E-state index contributed by atoms with van der Waals surface area (Å²) in [5.41, 5.74) is 6.16. The normalized spacial score (nSPS) is 10.6. The molecule has 98 valence electrons. The minimum atomic E-state index is 0.649. The van der Waals surface area contributed by atoms with Crippen LogP contribution in [0.3, 0.4) is 0 Å². The molecule has 0 aliphatic heterocycles. The lowest BCUT2D eigenvalue weighted by molar-refractivity contribution is 0.340. The summed E-state index contributed by atoms with van der Waals surface area (Å²) in [5.74, 6) is 0.847. The highest BCUT2D eigenvalue weighted by molar-refractivity contribution is 5.83. The highest BCUT2D eigenvalue weighted by Crippen LogP contribution is 2.16. The summed E-state index contributed by atoms with van der Waals surface area (Å²) in [4.78, 5) is 0. The number of hydrogen-bond donors (Lipinski definition) is 1. The van der Waals surface area contributed by atoms with Gasteiger partial charge in [-0.15, -0.1) is 0 Å². The molecule has 0 aliphatic rings. The van der Waals surface area contributed by atoms with Crippen LogP contribution in [0.15, 0.2) is 53.6 Å². The van der Waals surface area contributed by atoms with Crippen LogP contribution in [0, 0.1) is 6.92 Å². The smallest absolute Gasteiger partial charge is 0.128 e. The van der Waals surface area contributed by atoms with E-state index in [1.54, 1.807) is 6.21 Å². The fraction of sp³-hybridized carbons (Fsp3) is 0.188. The van der Waals surface area contributed by atoms with Gasteiger partial charge in [-0.25, -0.2) is 0 Å². The second-order valence-electron chi connectivity index (χ2n) is 4.21. The van der Waals surface area contributed by atoms with Gasteiger partial charge in [0.15, 0.2) is 0 Å². The number of benzene rings is 2. The van der Waals surface area contributed by atoms with Gasteiger partial charge in [0.25, 0.3) is 0 Å². The molecule has 0 spiro atoms. The van der Waals surface area contributed by atoms with E-state index in [2.05, 4.69) is 23.5 Å². The van der Waals surface area contributed by atoms with Crippen molar-refractivity contribution in [1.29, 1.82) is 0 Å².